The zero-order valence-corrected chi connectivity index (χ0v) is 12.3. The molecule has 0 bridgehead atoms. The third-order valence-corrected chi connectivity index (χ3v) is 3.04. The third kappa shape index (κ3) is 4.84. The molecule has 0 spiro atoms. The van der Waals surface area contributed by atoms with E-state index in [1.165, 1.54) is 0 Å². The van der Waals surface area contributed by atoms with Crippen molar-refractivity contribution < 1.29 is 9.53 Å². The first-order valence-corrected chi connectivity index (χ1v) is 7.07. The van der Waals surface area contributed by atoms with Crippen LogP contribution in [-0.4, -0.2) is 12.1 Å². The van der Waals surface area contributed by atoms with Crippen LogP contribution in [0.15, 0.2) is 54.6 Å². The van der Waals surface area contributed by atoms with Crippen LogP contribution >= 0.6 is 0 Å². The minimum absolute atomic E-state index is 0.151. The van der Waals surface area contributed by atoms with E-state index in [0.29, 0.717) is 5.69 Å². The van der Waals surface area contributed by atoms with E-state index in [1.54, 1.807) is 0 Å². The van der Waals surface area contributed by atoms with Gasteiger partial charge in [0, 0.05) is 17.4 Å². The lowest BCUT2D eigenvalue weighted by atomic mass is 10.3. The quantitative estimate of drug-likeness (QED) is 0.848. The molecule has 2 N–H and O–H groups in total. The van der Waals surface area contributed by atoms with Crippen LogP contribution in [0, 0.1) is 0 Å². The molecule has 2 rings (SSSR count). The Morgan fingerprint density at radius 3 is 2.43 bits per heavy atom. The summed E-state index contributed by atoms with van der Waals surface area (Å²) in [6.07, 6.45) is 1.09. The zero-order valence-electron chi connectivity index (χ0n) is 12.3. The standard InChI is InChI=1S/C17H20N2O2/c1-3-13(2)21-16-11-7-10-15(12-16)19-17(20)18-14-8-5-4-6-9-14/h4-13H,3H2,1-2H3,(H2,18,19,20). The second-order valence-electron chi connectivity index (χ2n) is 4.81. The van der Waals surface area contributed by atoms with Crippen LogP contribution in [0.25, 0.3) is 0 Å². The van der Waals surface area contributed by atoms with Crippen LogP contribution in [0.1, 0.15) is 20.3 Å². The van der Waals surface area contributed by atoms with Crippen molar-refractivity contribution in [2.75, 3.05) is 10.6 Å². The van der Waals surface area contributed by atoms with Gasteiger partial charge >= 0.3 is 6.03 Å². The number of ether oxygens (including phenoxy) is 1. The second kappa shape index (κ2) is 7.33. The van der Waals surface area contributed by atoms with Gasteiger partial charge in [-0.05, 0) is 37.6 Å². The molecule has 0 aliphatic carbocycles. The maximum atomic E-state index is 11.9. The van der Waals surface area contributed by atoms with Gasteiger partial charge in [0.05, 0.1) is 6.10 Å². The summed E-state index contributed by atoms with van der Waals surface area (Å²) in [6.45, 7) is 4.09. The van der Waals surface area contributed by atoms with Crippen LogP contribution in [-0.2, 0) is 0 Å². The Morgan fingerprint density at radius 2 is 1.71 bits per heavy atom. The van der Waals surface area contributed by atoms with Crippen molar-refractivity contribution in [3.63, 3.8) is 0 Å². The van der Waals surface area contributed by atoms with Gasteiger partial charge in [-0.1, -0.05) is 31.2 Å². The molecule has 0 heterocycles. The molecule has 110 valence electrons. The number of para-hydroxylation sites is 1. The smallest absolute Gasteiger partial charge is 0.323 e. The van der Waals surface area contributed by atoms with Gasteiger partial charge in [0.25, 0.3) is 0 Å². The molecule has 0 aliphatic rings. The van der Waals surface area contributed by atoms with Gasteiger partial charge in [-0.15, -0.1) is 0 Å². The highest BCUT2D eigenvalue weighted by atomic mass is 16.5. The van der Waals surface area contributed by atoms with Crippen molar-refractivity contribution in [2.45, 2.75) is 26.4 Å². The Kier molecular flexibility index (Phi) is 5.21. The third-order valence-electron chi connectivity index (χ3n) is 3.04. The van der Waals surface area contributed by atoms with E-state index in [-0.39, 0.29) is 12.1 Å². The highest BCUT2D eigenvalue weighted by Crippen LogP contribution is 2.19. The highest BCUT2D eigenvalue weighted by Gasteiger charge is 2.05. The Morgan fingerprint density at radius 1 is 1.05 bits per heavy atom. The number of carbonyl (C=O) groups is 1. The molecule has 0 aromatic heterocycles. The summed E-state index contributed by atoms with van der Waals surface area (Å²) in [7, 11) is 0. The second-order valence-corrected chi connectivity index (χ2v) is 4.81. The molecule has 0 saturated carbocycles. The number of hydrogen-bond acceptors (Lipinski definition) is 2. The monoisotopic (exact) mass is 284 g/mol. The number of amides is 2. The summed E-state index contributed by atoms with van der Waals surface area (Å²) in [5, 5.41) is 5.56. The fourth-order valence-electron chi connectivity index (χ4n) is 1.78. The van der Waals surface area contributed by atoms with Gasteiger partial charge in [-0.3, -0.25) is 0 Å². The van der Waals surface area contributed by atoms with E-state index in [9.17, 15) is 4.79 Å². The molecule has 4 heteroatoms. The SMILES string of the molecule is CCC(C)Oc1cccc(NC(=O)Nc2ccccc2)c1. The molecule has 0 radical (unpaired) electrons. The van der Waals surface area contributed by atoms with Crippen molar-refractivity contribution in [1.82, 2.24) is 0 Å². The average molecular weight is 284 g/mol. The molecule has 2 aromatic rings. The van der Waals surface area contributed by atoms with Gasteiger partial charge in [-0.25, -0.2) is 4.79 Å². The van der Waals surface area contributed by atoms with Crippen LogP contribution in [0.5, 0.6) is 5.75 Å². The molecule has 0 aliphatic heterocycles. The molecular formula is C17H20N2O2. The molecule has 4 nitrogen and oxygen atoms in total. The molecule has 2 aromatic carbocycles. The maximum absolute atomic E-state index is 11.9. The lowest BCUT2D eigenvalue weighted by Crippen LogP contribution is -2.19. The summed E-state index contributed by atoms with van der Waals surface area (Å²) in [5.41, 5.74) is 1.45. The highest BCUT2D eigenvalue weighted by molar-refractivity contribution is 5.99. The van der Waals surface area contributed by atoms with Crippen molar-refractivity contribution in [1.29, 1.82) is 0 Å². The normalized spacial score (nSPS) is 11.5. The van der Waals surface area contributed by atoms with Crippen molar-refractivity contribution in [3.05, 3.63) is 54.6 Å². The van der Waals surface area contributed by atoms with E-state index < -0.39 is 0 Å². The minimum atomic E-state index is -0.276. The van der Waals surface area contributed by atoms with Gasteiger partial charge in [0.15, 0.2) is 0 Å². The van der Waals surface area contributed by atoms with Gasteiger partial charge in [-0.2, -0.15) is 0 Å². The van der Waals surface area contributed by atoms with Gasteiger partial charge < -0.3 is 15.4 Å². The average Bonchev–Trinajstić information content (AvgIpc) is 2.48. The maximum Gasteiger partial charge on any atom is 0.323 e. The summed E-state index contributed by atoms with van der Waals surface area (Å²) in [6, 6.07) is 16.4. The van der Waals surface area contributed by atoms with Gasteiger partial charge in [0.1, 0.15) is 5.75 Å². The predicted molar refractivity (Wildman–Crippen MR) is 85.9 cm³/mol. The van der Waals surface area contributed by atoms with E-state index in [4.69, 9.17) is 4.74 Å². The number of urea groups is 1. The Balaban J connectivity index is 1.96. The first-order valence-electron chi connectivity index (χ1n) is 7.07. The number of anilines is 2. The Bertz CT molecular complexity index is 584. The van der Waals surface area contributed by atoms with Crippen LogP contribution < -0.4 is 15.4 Å². The molecular weight excluding hydrogens is 264 g/mol. The fourth-order valence-corrected chi connectivity index (χ4v) is 1.78. The summed E-state index contributed by atoms with van der Waals surface area (Å²) < 4.78 is 5.73. The first kappa shape index (κ1) is 14.9. The van der Waals surface area contributed by atoms with E-state index in [0.717, 1.165) is 17.9 Å². The predicted octanol–water partition coefficient (Wildman–Crippen LogP) is 4.51. The van der Waals surface area contributed by atoms with Crippen molar-refractivity contribution in [2.24, 2.45) is 0 Å². The molecule has 0 fully saturated rings. The number of benzene rings is 2. The van der Waals surface area contributed by atoms with Crippen LogP contribution in [0.3, 0.4) is 0 Å². The van der Waals surface area contributed by atoms with Crippen LogP contribution in [0.4, 0.5) is 16.2 Å². The van der Waals surface area contributed by atoms with E-state index >= 15 is 0 Å². The van der Waals surface area contributed by atoms with E-state index in [1.807, 2.05) is 61.5 Å². The first-order chi connectivity index (χ1) is 10.2. The topological polar surface area (TPSA) is 50.4 Å². The molecule has 1 unspecified atom stereocenters. The zero-order chi connectivity index (χ0) is 15.1. The minimum Gasteiger partial charge on any atom is -0.491 e. The molecule has 1 atom stereocenters. The van der Waals surface area contributed by atoms with E-state index in [2.05, 4.69) is 17.6 Å². The summed E-state index contributed by atoms with van der Waals surface area (Å²) >= 11 is 0. The summed E-state index contributed by atoms with van der Waals surface area (Å²) in [5.74, 6) is 0.752. The number of rotatable bonds is 5. The molecule has 2 amide bonds. The molecule has 21 heavy (non-hydrogen) atoms. The summed E-state index contributed by atoms with van der Waals surface area (Å²) in [4.78, 5) is 11.9. The largest absolute Gasteiger partial charge is 0.491 e. The Hall–Kier alpha value is -2.49. The van der Waals surface area contributed by atoms with Crippen molar-refractivity contribution >= 4 is 17.4 Å². The number of carbonyl (C=O) groups excluding carboxylic acids is 1. The van der Waals surface area contributed by atoms with Crippen LogP contribution in [0.2, 0.25) is 0 Å². The lowest BCUT2D eigenvalue weighted by molar-refractivity contribution is 0.217. The van der Waals surface area contributed by atoms with Crippen molar-refractivity contribution in [3.8, 4) is 5.75 Å². The molecule has 0 saturated heterocycles. The fraction of sp³-hybridized carbons (Fsp3) is 0.235. The Labute approximate surface area is 125 Å². The van der Waals surface area contributed by atoms with Gasteiger partial charge in [0.2, 0.25) is 0 Å². The lowest BCUT2D eigenvalue weighted by Gasteiger charge is -2.14. The number of hydrogen-bond donors (Lipinski definition) is 2. The number of nitrogens with one attached hydrogen (secondary N) is 2.